The predicted octanol–water partition coefficient (Wildman–Crippen LogP) is 6.39. The van der Waals surface area contributed by atoms with Crippen LogP contribution in [0.2, 0.25) is 0 Å². The number of hydrogen-bond donors (Lipinski definition) is 4. The molecule has 4 N–H and O–H groups in total. The van der Waals surface area contributed by atoms with Crippen LogP contribution in [0.25, 0.3) is 33.3 Å². The SMILES string of the molecule is CCn1c(-c2cc(N3CCN(C(=O)[C@H](C)O)CC3)cnc2[C@H](C)OC)c2c3cc(ccc31)-c1cc(O)cc(c1)C[C@H](NC(=O)[C@H](C(C)C)N(C)C(=O)[C@@H]1OCC[C@@H]1c1ccccc1)C(=O)N1CC3C[C@@H]3[C@H](N1)C(=O)OCC(C)(C)C2. The van der Waals surface area contributed by atoms with Crippen molar-refractivity contribution in [2.24, 2.45) is 23.2 Å². The van der Waals surface area contributed by atoms with Gasteiger partial charge in [0.15, 0.2) is 0 Å². The van der Waals surface area contributed by atoms with Gasteiger partial charge in [-0.15, -0.1) is 0 Å². The molecule has 2 aromatic heterocycles. The van der Waals surface area contributed by atoms with Crippen LogP contribution >= 0.6 is 0 Å². The van der Waals surface area contributed by atoms with Gasteiger partial charge in [-0.05, 0) is 116 Å². The summed E-state index contributed by atoms with van der Waals surface area (Å²) in [6.07, 6.45) is 1.44. The van der Waals surface area contributed by atoms with Crippen molar-refractivity contribution in [3.63, 3.8) is 0 Å². The molecule has 0 radical (unpaired) electrons. The highest BCUT2D eigenvalue weighted by Gasteiger charge is 2.53. The van der Waals surface area contributed by atoms with E-state index in [2.05, 4.69) is 59.2 Å². The summed E-state index contributed by atoms with van der Waals surface area (Å²) in [5.41, 5.74) is 11.1. The van der Waals surface area contributed by atoms with Crippen LogP contribution in [-0.4, -0.2) is 155 Å². The Morgan fingerprint density at radius 1 is 0.975 bits per heavy atom. The number of methoxy groups -OCH3 is 1. The molecule has 0 spiro atoms. The number of hydrogen-bond acceptors (Lipinski definition) is 13. The number of hydrazine groups is 1. The van der Waals surface area contributed by atoms with Gasteiger partial charge in [0.1, 0.15) is 36.1 Å². The third-order valence-electron chi connectivity index (χ3n) is 17.2. The number of pyridine rings is 1. The summed E-state index contributed by atoms with van der Waals surface area (Å²) >= 11 is 0. The van der Waals surface area contributed by atoms with Gasteiger partial charge in [-0.3, -0.25) is 34.0 Å². The molecule has 1 saturated carbocycles. The number of aryl methyl sites for hydroxylation is 1. The lowest BCUT2D eigenvalue weighted by atomic mass is 9.84. The number of aromatic hydroxyl groups is 1. The molecule has 18 heteroatoms. The fourth-order valence-electron chi connectivity index (χ4n) is 12.8. The van der Waals surface area contributed by atoms with E-state index in [0.29, 0.717) is 69.8 Å². The maximum Gasteiger partial charge on any atom is 0.325 e. The van der Waals surface area contributed by atoms with E-state index in [4.69, 9.17) is 19.2 Å². The maximum atomic E-state index is 15.1. The number of phenols is 1. The Morgan fingerprint density at radius 2 is 1.73 bits per heavy atom. The third-order valence-corrected chi connectivity index (χ3v) is 17.2. The van der Waals surface area contributed by atoms with Gasteiger partial charge >= 0.3 is 5.97 Å². The van der Waals surface area contributed by atoms with Gasteiger partial charge in [0.2, 0.25) is 5.91 Å². The number of ether oxygens (including phenoxy) is 3. The van der Waals surface area contributed by atoms with Crippen molar-refractivity contribution in [3.8, 4) is 28.1 Å². The molecule has 10 rings (SSSR count). The zero-order valence-corrected chi connectivity index (χ0v) is 47.6. The highest BCUT2D eigenvalue weighted by atomic mass is 16.5. The number of nitrogens with one attached hydrogen (secondary N) is 2. The number of fused-ring (bicyclic) bond motifs is 8. The van der Waals surface area contributed by atoms with E-state index in [1.54, 1.807) is 31.2 Å². The summed E-state index contributed by atoms with van der Waals surface area (Å²) in [4.78, 5) is 82.1. The predicted molar refractivity (Wildman–Crippen MR) is 303 cm³/mol. The van der Waals surface area contributed by atoms with Gasteiger partial charge in [-0.25, -0.2) is 5.43 Å². The van der Waals surface area contributed by atoms with Crippen LogP contribution in [0.5, 0.6) is 5.75 Å². The highest BCUT2D eigenvalue weighted by molar-refractivity contribution is 5.97. The number of rotatable bonds is 12. The number of nitrogens with zero attached hydrogens (tertiary/aromatic N) is 6. The first-order valence-corrected chi connectivity index (χ1v) is 28.5. The van der Waals surface area contributed by atoms with Gasteiger partial charge in [0.05, 0.1) is 36.0 Å². The van der Waals surface area contributed by atoms with Crippen LogP contribution in [0, 0.1) is 23.2 Å². The smallest absolute Gasteiger partial charge is 0.325 e. The fraction of sp³-hybridized carbons (Fsp3) is 0.516. The van der Waals surface area contributed by atoms with E-state index in [0.717, 1.165) is 56.7 Å². The molecule has 5 aliphatic rings. The number of piperazine rings is 1. The summed E-state index contributed by atoms with van der Waals surface area (Å²) in [7, 11) is 3.28. The first-order chi connectivity index (χ1) is 38.2. The number of benzene rings is 3. The minimum atomic E-state index is -1.18. The first-order valence-electron chi connectivity index (χ1n) is 28.5. The second-order valence-electron chi connectivity index (χ2n) is 23.8. The molecule has 5 aromatic rings. The number of likely N-dealkylation sites (N-methyl/N-ethyl adjacent to an activating group) is 1. The minimum Gasteiger partial charge on any atom is -0.508 e. The molecule has 3 aromatic carbocycles. The van der Waals surface area contributed by atoms with Gasteiger partial charge in [0, 0.05) is 94.3 Å². The van der Waals surface area contributed by atoms with Crippen LogP contribution in [0.3, 0.4) is 0 Å². The summed E-state index contributed by atoms with van der Waals surface area (Å²) in [5, 5.41) is 27.1. The van der Waals surface area contributed by atoms with Gasteiger partial charge in [-0.1, -0.05) is 70.2 Å². The van der Waals surface area contributed by atoms with Gasteiger partial charge in [-0.2, -0.15) is 0 Å². The van der Waals surface area contributed by atoms with Crippen molar-refractivity contribution in [1.29, 1.82) is 0 Å². The first kappa shape index (κ1) is 56.4. The van der Waals surface area contributed by atoms with Crippen molar-refractivity contribution in [3.05, 3.63) is 101 Å². The molecule has 4 aliphatic heterocycles. The van der Waals surface area contributed by atoms with Crippen molar-refractivity contribution in [2.45, 2.75) is 123 Å². The number of carbonyl (C=O) groups excluding carboxylic acids is 5. The highest BCUT2D eigenvalue weighted by Crippen LogP contribution is 2.46. The molecule has 6 bridgehead atoms. The van der Waals surface area contributed by atoms with Crippen LogP contribution in [0.4, 0.5) is 5.69 Å². The monoisotopic (exact) mass is 1090 g/mol. The lowest BCUT2D eigenvalue weighted by Crippen LogP contribution is -2.63. The van der Waals surface area contributed by atoms with Crippen LogP contribution in [0.1, 0.15) is 95.7 Å². The molecule has 9 atom stereocenters. The molecular formula is C62H78N8O10. The van der Waals surface area contributed by atoms with Crippen molar-refractivity contribution < 1.29 is 48.4 Å². The number of amides is 4. The maximum absolute atomic E-state index is 15.1. The number of anilines is 1. The van der Waals surface area contributed by atoms with E-state index in [-0.39, 0.29) is 54.3 Å². The van der Waals surface area contributed by atoms with Crippen LogP contribution in [0.15, 0.2) is 79.0 Å². The van der Waals surface area contributed by atoms with E-state index in [1.807, 2.05) is 69.4 Å². The number of carbonyl (C=O) groups is 5. The number of cyclic esters (lactones) is 1. The fourth-order valence-corrected chi connectivity index (χ4v) is 12.8. The standard InChI is InChI=1S/C62H78N8O10/c1-10-69-51-17-16-40-28-47(51)49(55(69)48-30-43(32-63-52(48)37(5)78-9)67-19-21-68(22-20-67)58(74)36(4)71)31-62(6,7)34-80-61(77)53-46-29-42(46)33-70(65-53)59(75)50(26-38-24-41(40)27-44(72)25-38)64-57(73)54(35(2)3)66(8)60(76)56-45(18-23-79-56)39-14-12-11-13-15-39/h11-17,24-25,27-28,30,32,35-37,42,45-46,50,53-54,56,65,71-72H,10,18-23,26,29,31,33-34H2,1-9H3,(H,64,73)/t36-,37-,42?,45+,46-,50-,53-,54-,56+/m0/s1. The molecule has 3 saturated heterocycles. The average Bonchev–Trinajstić information content (AvgIpc) is 3.97. The number of phenolic OH excluding ortho intramolecular Hbond substituents is 1. The Morgan fingerprint density at radius 3 is 2.42 bits per heavy atom. The Labute approximate surface area is 468 Å². The summed E-state index contributed by atoms with van der Waals surface area (Å²) in [5.74, 6) is -2.63. The number of esters is 1. The summed E-state index contributed by atoms with van der Waals surface area (Å²) < 4.78 is 20.7. The third kappa shape index (κ3) is 11.3. The van der Waals surface area contributed by atoms with Gasteiger partial charge < -0.3 is 49.0 Å². The molecule has 18 nitrogen and oxygen atoms in total. The second-order valence-corrected chi connectivity index (χ2v) is 23.8. The van der Waals surface area contributed by atoms with E-state index in [9.17, 15) is 29.4 Å². The molecule has 1 aliphatic carbocycles. The number of aliphatic hydroxyl groups is 1. The van der Waals surface area contributed by atoms with E-state index in [1.165, 1.54) is 16.8 Å². The Kier molecular flexibility index (Phi) is 16.2. The normalized spacial score (nSPS) is 24.2. The van der Waals surface area contributed by atoms with E-state index < -0.39 is 59.6 Å². The minimum absolute atomic E-state index is 0.0224. The zero-order valence-electron chi connectivity index (χ0n) is 47.6. The topological polar surface area (TPSA) is 208 Å². The van der Waals surface area contributed by atoms with Crippen molar-refractivity contribution in [1.82, 2.24) is 35.1 Å². The molecule has 4 amide bonds. The largest absolute Gasteiger partial charge is 0.508 e. The van der Waals surface area contributed by atoms with Gasteiger partial charge in [0.25, 0.3) is 17.7 Å². The molecule has 1 unspecified atom stereocenters. The Bertz CT molecular complexity index is 3150. The van der Waals surface area contributed by atoms with Crippen LogP contribution in [-0.2, 0) is 57.6 Å². The van der Waals surface area contributed by atoms with Crippen LogP contribution < -0.4 is 15.6 Å². The quantitative estimate of drug-likeness (QED) is 0.100. The average molecular weight is 1100 g/mol. The van der Waals surface area contributed by atoms with Crippen molar-refractivity contribution in [2.75, 3.05) is 65.0 Å². The van der Waals surface area contributed by atoms with Crippen molar-refractivity contribution >= 4 is 46.2 Å². The second kappa shape index (κ2) is 22.9. The van der Waals surface area contributed by atoms with E-state index >= 15 is 4.79 Å². The summed E-state index contributed by atoms with van der Waals surface area (Å²) in [6.45, 7) is 16.9. The Hall–Kier alpha value is -6.86. The number of aliphatic hydroxyl groups excluding tert-OH is 1. The molecule has 426 valence electrons. The molecule has 4 fully saturated rings. The number of aromatic nitrogens is 2. The lowest BCUT2D eigenvalue weighted by molar-refractivity contribution is -0.156. The lowest BCUT2D eigenvalue weighted by Gasteiger charge is -2.37. The molecular weight excluding hydrogens is 1020 g/mol. The molecule has 6 heterocycles. The Balaban J connectivity index is 1.05. The molecule has 80 heavy (non-hydrogen) atoms. The zero-order chi connectivity index (χ0) is 56.9. The summed E-state index contributed by atoms with van der Waals surface area (Å²) in [6, 6.07) is 20.5.